The maximum Gasteiger partial charge on any atom is 0.123 e. The number of halogens is 1. The molecule has 1 N–H and O–H groups in total. The Morgan fingerprint density at radius 3 is 2.78 bits per heavy atom. The van der Waals surface area contributed by atoms with Crippen molar-refractivity contribution in [2.75, 3.05) is 0 Å². The molecule has 2 rings (SSSR count). The van der Waals surface area contributed by atoms with Crippen LogP contribution in [0.15, 0.2) is 42.6 Å². The van der Waals surface area contributed by atoms with Crippen LogP contribution >= 0.6 is 0 Å². The highest BCUT2D eigenvalue weighted by Gasteiger charge is 2.11. The summed E-state index contributed by atoms with van der Waals surface area (Å²) in [5.41, 5.74) is 2.52. The highest BCUT2D eigenvalue weighted by Crippen LogP contribution is 2.22. The molecule has 1 heterocycles. The van der Waals surface area contributed by atoms with Gasteiger partial charge in [-0.3, -0.25) is 4.98 Å². The van der Waals surface area contributed by atoms with E-state index < -0.39 is 6.10 Å². The van der Waals surface area contributed by atoms with Crippen LogP contribution in [0.4, 0.5) is 4.39 Å². The van der Waals surface area contributed by atoms with Crippen LogP contribution < -0.4 is 0 Å². The molecule has 0 aliphatic rings. The van der Waals surface area contributed by atoms with E-state index in [1.54, 1.807) is 12.3 Å². The summed E-state index contributed by atoms with van der Waals surface area (Å²) in [6.45, 7) is 1.81. The van der Waals surface area contributed by atoms with Crippen molar-refractivity contribution in [1.29, 1.82) is 0 Å². The van der Waals surface area contributed by atoms with Gasteiger partial charge >= 0.3 is 0 Å². The molecule has 2 nitrogen and oxygen atoms in total. The fraction of sp³-hybridized carbons (Fsp3) is 0.267. The molecule has 0 saturated carbocycles. The quantitative estimate of drug-likeness (QED) is 0.897. The molecule has 0 aliphatic carbocycles. The average molecular weight is 245 g/mol. The Kier molecular flexibility index (Phi) is 4.05. The summed E-state index contributed by atoms with van der Waals surface area (Å²) in [5.74, 6) is -0.270. The number of benzene rings is 1. The van der Waals surface area contributed by atoms with Crippen LogP contribution in [0, 0.1) is 12.7 Å². The molecule has 18 heavy (non-hydrogen) atoms. The van der Waals surface area contributed by atoms with Crippen LogP contribution in [0.1, 0.15) is 29.3 Å². The fourth-order valence-electron chi connectivity index (χ4n) is 2.00. The Morgan fingerprint density at radius 1 is 1.28 bits per heavy atom. The zero-order chi connectivity index (χ0) is 13.0. The normalized spacial score (nSPS) is 12.4. The van der Waals surface area contributed by atoms with Gasteiger partial charge in [-0.15, -0.1) is 0 Å². The number of nitrogens with zero attached hydrogens (tertiary/aromatic N) is 1. The second-order valence-electron chi connectivity index (χ2n) is 4.38. The molecule has 0 saturated heterocycles. The maximum absolute atomic E-state index is 13.0. The minimum absolute atomic E-state index is 0.270. The summed E-state index contributed by atoms with van der Waals surface area (Å²) in [4.78, 5) is 4.21. The SMILES string of the molecule is Cc1cc(F)ccc1C(O)CCc1ccccn1. The number of aliphatic hydroxyl groups excluding tert-OH is 1. The third-order valence-corrected chi connectivity index (χ3v) is 2.99. The lowest BCUT2D eigenvalue weighted by atomic mass is 9.99. The van der Waals surface area contributed by atoms with Crippen LogP contribution in [0.3, 0.4) is 0 Å². The molecule has 1 aromatic carbocycles. The van der Waals surface area contributed by atoms with Gasteiger partial charge in [0.25, 0.3) is 0 Å². The fourth-order valence-corrected chi connectivity index (χ4v) is 2.00. The van der Waals surface area contributed by atoms with E-state index in [4.69, 9.17) is 0 Å². The topological polar surface area (TPSA) is 33.1 Å². The first-order valence-corrected chi connectivity index (χ1v) is 6.01. The van der Waals surface area contributed by atoms with E-state index in [9.17, 15) is 9.50 Å². The molecular formula is C15H16FNO. The number of hydrogen-bond acceptors (Lipinski definition) is 2. The van der Waals surface area contributed by atoms with Crippen LogP contribution in [0.5, 0.6) is 0 Å². The van der Waals surface area contributed by atoms with Crippen molar-refractivity contribution >= 4 is 0 Å². The Balaban J connectivity index is 2.01. The van der Waals surface area contributed by atoms with Crippen molar-refractivity contribution in [3.63, 3.8) is 0 Å². The van der Waals surface area contributed by atoms with Gasteiger partial charge in [-0.2, -0.15) is 0 Å². The van der Waals surface area contributed by atoms with E-state index in [1.807, 2.05) is 25.1 Å². The van der Waals surface area contributed by atoms with Crippen LogP contribution in [0.2, 0.25) is 0 Å². The van der Waals surface area contributed by atoms with Gasteiger partial charge in [0.05, 0.1) is 6.10 Å². The molecule has 0 fully saturated rings. The average Bonchev–Trinajstić information content (AvgIpc) is 2.37. The van der Waals surface area contributed by atoms with Gasteiger partial charge < -0.3 is 5.11 Å². The van der Waals surface area contributed by atoms with Crippen molar-refractivity contribution in [2.24, 2.45) is 0 Å². The number of hydrogen-bond donors (Lipinski definition) is 1. The van der Waals surface area contributed by atoms with Crippen molar-refractivity contribution in [3.8, 4) is 0 Å². The van der Waals surface area contributed by atoms with Gasteiger partial charge in [0.2, 0.25) is 0 Å². The number of rotatable bonds is 4. The van der Waals surface area contributed by atoms with Crippen LogP contribution in [-0.2, 0) is 6.42 Å². The van der Waals surface area contributed by atoms with Crippen molar-refractivity contribution < 1.29 is 9.50 Å². The molecule has 0 bridgehead atoms. The molecule has 0 radical (unpaired) electrons. The third-order valence-electron chi connectivity index (χ3n) is 2.99. The van der Waals surface area contributed by atoms with Gasteiger partial charge in [-0.25, -0.2) is 4.39 Å². The third kappa shape index (κ3) is 3.14. The molecule has 2 aromatic rings. The molecule has 0 aliphatic heterocycles. The highest BCUT2D eigenvalue weighted by molar-refractivity contribution is 5.28. The Morgan fingerprint density at radius 2 is 2.11 bits per heavy atom. The maximum atomic E-state index is 13.0. The summed E-state index contributed by atoms with van der Waals surface area (Å²) in [5, 5.41) is 10.1. The number of pyridine rings is 1. The highest BCUT2D eigenvalue weighted by atomic mass is 19.1. The first-order valence-electron chi connectivity index (χ1n) is 6.01. The first kappa shape index (κ1) is 12.7. The van der Waals surface area contributed by atoms with E-state index in [-0.39, 0.29) is 5.82 Å². The molecule has 1 aromatic heterocycles. The summed E-state index contributed by atoms with van der Waals surface area (Å²) in [7, 11) is 0. The number of aliphatic hydroxyl groups is 1. The second-order valence-corrected chi connectivity index (χ2v) is 4.38. The summed E-state index contributed by atoms with van der Waals surface area (Å²) >= 11 is 0. The van der Waals surface area contributed by atoms with Gasteiger partial charge in [-0.1, -0.05) is 12.1 Å². The van der Waals surface area contributed by atoms with Crippen molar-refractivity contribution in [2.45, 2.75) is 25.9 Å². The van der Waals surface area contributed by atoms with E-state index in [0.717, 1.165) is 16.8 Å². The lowest BCUT2D eigenvalue weighted by Gasteiger charge is -2.13. The van der Waals surface area contributed by atoms with E-state index in [2.05, 4.69) is 4.98 Å². The van der Waals surface area contributed by atoms with Crippen LogP contribution in [-0.4, -0.2) is 10.1 Å². The number of aryl methyl sites for hydroxylation is 2. The largest absolute Gasteiger partial charge is 0.388 e. The Bertz CT molecular complexity index is 513. The van der Waals surface area contributed by atoms with Gasteiger partial charge in [0.15, 0.2) is 0 Å². The molecule has 1 unspecified atom stereocenters. The molecule has 0 spiro atoms. The van der Waals surface area contributed by atoms with Crippen molar-refractivity contribution in [3.05, 3.63) is 65.2 Å². The molecule has 94 valence electrons. The van der Waals surface area contributed by atoms with Gasteiger partial charge in [0, 0.05) is 11.9 Å². The zero-order valence-electron chi connectivity index (χ0n) is 10.3. The van der Waals surface area contributed by atoms with Crippen LogP contribution in [0.25, 0.3) is 0 Å². The summed E-state index contributed by atoms with van der Waals surface area (Å²) in [6.07, 6.45) is 2.46. The van der Waals surface area contributed by atoms with E-state index >= 15 is 0 Å². The predicted molar refractivity (Wildman–Crippen MR) is 68.7 cm³/mol. The minimum atomic E-state index is -0.576. The smallest absolute Gasteiger partial charge is 0.123 e. The molecule has 0 amide bonds. The Hall–Kier alpha value is -1.74. The molecule has 1 atom stereocenters. The second kappa shape index (κ2) is 5.74. The van der Waals surface area contributed by atoms with Crippen molar-refractivity contribution in [1.82, 2.24) is 4.98 Å². The monoisotopic (exact) mass is 245 g/mol. The van der Waals surface area contributed by atoms with E-state index in [0.29, 0.717) is 12.8 Å². The summed E-state index contributed by atoms with van der Waals surface area (Å²) in [6, 6.07) is 10.2. The predicted octanol–water partition coefficient (Wildman–Crippen LogP) is 3.20. The Labute approximate surface area is 106 Å². The van der Waals surface area contributed by atoms with Gasteiger partial charge in [0.1, 0.15) is 5.82 Å². The zero-order valence-corrected chi connectivity index (χ0v) is 10.3. The molecular weight excluding hydrogens is 229 g/mol. The van der Waals surface area contributed by atoms with E-state index in [1.165, 1.54) is 12.1 Å². The standard InChI is InChI=1S/C15H16FNO/c1-11-10-12(16)5-7-14(11)15(18)8-6-13-4-2-3-9-17-13/h2-5,7,9-10,15,18H,6,8H2,1H3. The lowest BCUT2D eigenvalue weighted by Crippen LogP contribution is -2.03. The lowest BCUT2D eigenvalue weighted by molar-refractivity contribution is 0.166. The summed E-state index contributed by atoms with van der Waals surface area (Å²) < 4.78 is 13.0. The molecule has 3 heteroatoms. The first-order chi connectivity index (χ1) is 8.66. The minimum Gasteiger partial charge on any atom is -0.388 e. The number of aromatic nitrogens is 1. The van der Waals surface area contributed by atoms with Gasteiger partial charge in [-0.05, 0) is 55.2 Å².